The average molecular weight is 541 g/mol. The van der Waals surface area contributed by atoms with Gasteiger partial charge in [0.15, 0.2) is 0 Å². The fourth-order valence-corrected chi connectivity index (χ4v) is 3.92. The van der Waals surface area contributed by atoms with Crippen LogP contribution in [0.3, 0.4) is 0 Å². The number of anilines is 1. The first-order chi connectivity index (χ1) is 17.4. The number of amides is 1. The first-order valence-electron chi connectivity index (χ1n) is 11.5. The number of hydrogen-bond donors (Lipinski definition) is 1. The van der Waals surface area contributed by atoms with Crippen molar-refractivity contribution < 1.29 is 14.3 Å². The minimum absolute atomic E-state index is 0.0180. The highest BCUT2D eigenvalue weighted by atomic mass is 79.9. The highest BCUT2D eigenvalue weighted by Crippen LogP contribution is 2.31. The molecule has 0 fully saturated rings. The Bertz CT molecular complexity index is 1440. The van der Waals surface area contributed by atoms with Crippen molar-refractivity contribution in [2.75, 3.05) is 5.32 Å². The van der Waals surface area contributed by atoms with E-state index in [1.54, 1.807) is 30.3 Å². The molecule has 0 aliphatic rings. The van der Waals surface area contributed by atoms with Crippen LogP contribution in [-0.4, -0.2) is 12.0 Å². The third kappa shape index (κ3) is 6.32. The van der Waals surface area contributed by atoms with E-state index in [0.717, 1.165) is 20.8 Å². The lowest BCUT2D eigenvalue weighted by Crippen LogP contribution is -2.13. The molecule has 1 amide bonds. The van der Waals surface area contributed by atoms with E-state index in [2.05, 4.69) is 21.2 Å². The summed E-state index contributed by atoms with van der Waals surface area (Å²) in [5, 5.41) is 14.5. The Morgan fingerprint density at radius 1 is 1.00 bits per heavy atom. The molecule has 1 N–H and O–H groups in total. The highest BCUT2D eigenvalue weighted by molar-refractivity contribution is 9.10. The van der Waals surface area contributed by atoms with Crippen LogP contribution < -0.4 is 14.8 Å². The Kier molecular flexibility index (Phi) is 8.04. The van der Waals surface area contributed by atoms with Crippen LogP contribution in [0.2, 0.25) is 0 Å². The van der Waals surface area contributed by atoms with Gasteiger partial charge in [-0.25, -0.2) is 0 Å². The van der Waals surface area contributed by atoms with Gasteiger partial charge in [0.2, 0.25) is 0 Å². The molecule has 36 heavy (non-hydrogen) atoms. The molecule has 4 aromatic rings. The fourth-order valence-electron chi connectivity index (χ4n) is 3.65. The molecule has 0 spiro atoms. The number of carbonyl (C=O) groups excluding carboxylic acids is 1. The minimum Gasteiger partial charge on any atom is -0.490 e. The van der Waals surface area contributed by atoms with Crippen LogP contribution in [-0.2, 0) is 11.4 Å². The number of benzene rings is 4. The van der Waals surface area contributed by atoms with Gasteiger partial charge >= 0.3 is 0 Å². The summed E-state index contributed by atoms with van der Waals surface area (Å²) in [4.78, 5) is 13.0. The number of nitrogens with zero attached hydrogens (tertiary/aromatic N) is 1. The van der Waals surface area contributed by atoms with Crippen molar-refractivity contribution in [3.63, 3.8) is 0 Å². The van der Waals surface area contributed by atoms with Crippen LogP contribution in [0, 0.1) is 11.3 Å². The Morgan fingerprint density at radius 2 is 1.72 bits per heavy atom. The van der Waals surface area contributed by atoms with Gasteiger partial charge in [0.25, 0.3) is 5.91 Å². The molecule has 0 aliphatic heterocycles. The predicted molar refractivity (Wildman–Crippen MR) is 147 cm³/mol. The number of fused-ring (bicyclic) bond motifs is 1. The van der Waals surface area contributed by atoms with Gasteiger partial charge in [-0.2, -0.15) is 5.26 Å². The van der Waals surface area contributed by atoms with E-state index in [1.807, 2.05) is 80.6 Å². The maximum Gasteiger partial charge on any atom is 0.266 e. The molecule has 0 atom stereocenters. The first kappa shape index (κ1) is 25.0. The van der Waals surface area contributed by atoms with Crippen LogP contribution in [0.25, 0.3) is 16.8 Å². The lowest BCUT2D eigenvalue weighted by atomic mass is 10.0. The number of rotatable bonds is 8. The Labute approximate surface area is 219 Å². The van der Waals surface area contributed by atoms with Gasteiger partial charge < -0.3 is 14.8 Å². The van der Waals surface area contributed by atoms with Gasteiger partial charge in [0, 0.05) is 15.7 Å². The van der Waals surface area contributed by atoms with Crippen LogP contribution in [0.15, 0.2) is 95.0 Å². The molecular weight excluding hydrogens is 516 g/mol. The molecular formula is C30H25BrN2O3. The van der Waals surface area contributed by atoms with Crippen molar-refractivity contribution in [3.8, 4) is 17.6 Å². The van der Waals surface area contributed by atoms with Crippen molar-refractivity contribution in [2.45, 2.75) is 26.6 Å². The van der Waals surface area contributed by atoms with Gasteiger partial charge in [-0.05, 0) is 78.7 Å². The average Bonchev–Trinajstić information content (AvgIpc) is 2.88. The van der Waals surface area contributed by atoms with E-state index < -0.39 is 5.91 Å². The topological polar surface area (TPSA) is 71.3 Å². The molecule has 0 bridgehead atoms. The zero-order chi connectivity index (χ0) is 25.5. The van der Waals surface area contributed by atoms with Crippen molar-refractivity contribution in [1.82, 2.24) is 0 Å². The third-order valence-corrected chi connectivity index (χ3v) is 5.91. The van der Waals surface area contributed by atoms with Gasteiger partial charge in [-0.3, -0.25) is 4.79 Å². The largest absolute Gasteiger partial charge is 0.490 e. The lowest BCUT2D eigenvalue weighted by molar-refractivity contribution is -0.112. The standard InChI is InChI=1S/C30H25BrN2O3/c1-20(2)36-29-16-9-22-5-3-4-6-27(22)28(29)17-23(18-32)30(34)33-25-12-14-26(15-13-25)35-19-21-7-10-24(31)11-8-21/h3-17,20H,19H2,1-2H3,(H,33,34)/b23-17+. The quantitative estimate of drug-likeness (QED) is 0.185. The summed E-state index contributed by atoms with van der Waals surface area (Å²) in [5.74, 6) is 0.805. The summed E-state index contributed by atoms with van der Waals surface area (Å²) >= 11 is 3.42. The molecule has 0 heterocycles. The number of nitriles is 1. The molecule has 0 saturated carbocycles. The lowest BCUT2D eigenvalue weighted by Gasteiger charge is -2.15. The maximum atomic E-state index is 13.0. The second-order valence-electron chi connectivity index (χ2n) is 8.43. The Balaban J connectivity index is 1.51. The summed E-state index contributed by atoms with van der Waals surface area (Å²) in [5.41, 5.74) is 2.29. The van der Waals surface area contributed by atoms with Crippen molar-refractivity contribution >= 4 is 44.4 Å². The molecule has 4 aromatic carbocycles. The summed E-state index contributed by atoms with van der Waals surface area (Å²) in [6, 6.07) is 28.6. The summed E-state index contributed by atoms with van der Waals surface area (Å²) in [6.07, 6.45) is 1.53. The van der Waals surface area contributed by atoms with Crippen molar-refractivity contribution in [2.24, 2.45) is 0 Å². The van der Waals surface area contributed by atoms with Crippen molar-refractivity contribution in [1.29, 1.82) is 5.26 Å². The summed E-state index contributed by atoms with van der Waals surface area (Å²) < 4.78 is 12.8. The van der Waals surface area contributed by atoms with E-state index in [1.165, 1.54) is 0 Å². The smallest absolute Gasteiger partial charge is 0.266 e. The van der Waals surface area contributed by atoms with E-state index in [4.69, 9.17) is 9.47 Å². The second kappa shape index (κ2) is 11.6. The number of carbonyl (C=O) groups is 1. The minimum atomic E-state index is -0.496. The fraction of sp³-hybridized carbons (Fsp3) is 0.133. The number of ether oxygens (including phenoxy) is 2. The van der Waals surface area contributed by atoms with Gasteiger partial charge in [0.1, 0.15) is 29.7 Å². The molecule has 6 heteroatoms. The van der Waals surface area contributed by atoms with Gasteiger partial charge in [-0.1, -0.05) is 58.4 Å². The molecule has 4 rings (SSSR count). The Morgan fingerprint density at radius 3 is 2.42 bits per heavy atom. The molecule has 0 saturated heterocycles. The number of halogens is 1. The first-order valence-corrected chi connectivity index (χ1v) is 12.3. The van der Waals surface area contributed by atoms with Gasteiger partial charge in [-0.15, -0.1) is 0 Å². The van der Waals surface area contributed by atoms with Crippen LogP contribution in [0.5, 0.6) is 11.5 Å². The summed E-state index contributed by atoms with van der Waals surface area (Å²) in [6.45, 7) is 4.31. The van der Waals surface area contributed by atoms with Crippen LogP contribution in [0.4, 0.5) is 5.69 Å². The highest BCUT2D eigenvalue weighted by Gasteiger charge is 2.14. The number of hydrogen-bond acceptors (Lipinski definition) is 4. The number of nitrogens with one attached hydrogen (secondary N) is 1. The molecule has 0 radical (unpaired) electrons. The molecule has 0 unspecified atom stereocenters. The normalized spacial score (nSPS) is 11.2. The second-order valence-corrected chi connectivity index (χ2v) is 9.34. The monoisotopic (exact) mass is 540 g/mol. The summed E-state index contributed by atoms with van der Waals surface area (Å²) in [7, 11) is 0. The van der Waals surface area contributed by atoms with Crippen molar-refractivity contribution in [3.05, 3.63) is 106 Å². The molecule has 0 aromatic heterocycles. The zero-order valence-corrected chi connectivity index (χ0v) is 21.6. The molecule has 0 aliphatic carbocycles. The van der Waals surface area contributed by atoms with E-state index in [0.29, 0.717) is 29.4 Å². The van der Waals surface area contributed by atoms with E-state index >= 15 is 0 Å². The van der Waals surface area contributed by atoms with Gasteiger partial charge in [0.05, 0.1) is 6.10 Å². The van der Waals surface area contributed by atoms with E-state index in [-0.39, 0.29) is 11.7 Å². The maximum absolute atomic E-state index is 13.0. The zero-order valence-electron chi connectivity index (χ0n) is 20.0. The molecule has 5 nitrogen and oxygen atoms in total. The third-order valence-electron chi connectivity index (χ3n) is 5.38. The van der Waals surface area contributed by atoms with E-state index in [9.17, 15) is 10.1 Å². The Hall–Kier alpha value is -4.08. The SMILES string of the molecule is CC(C)Oc1ccc2ccccc2c1/C=C(\C#N)C(=O)Nc1ccc(OCc2ccc(Br)cc2)cc1. The predicted octanol–water partition coefficient (Wildman–Crippen LogP) is 7.51. The van der Waals surface area contributed by atoms with Crippen LogP contribution in [0.1, 0.15) is 25.0 Å². The van der Waals surface area contributed by atoms with Crippen LogP contribution >= 0.6 is 15.9 Å². The molecule has 180 valence electrons.